The van der Waals surface area contributed by atoms with Crippen LogP contribution in [-0.2, 0) is 7.05 Å². The quantitative estimate of drug-likeness (QED) is 0.703. The predicted octanol–water partition coefficient (Wildman–Crippen LogP) is 2.21. The number of fused-ring (bicyclic) bond motifs is 1. The Bertz CT molecular complexity index is 507. The molecule has 0 N–H and O–H groups in total. The molecule has 1 aromatic carbocycles. The van der Waals surface area contributed by atoms with Crippen LogP contribution in [0.1, 0.15) is 5.56 Å². The molecule has 1 heterocycles. The number of hydrogen-bond donors (Lipinski definition) is 0. The third-order valence-corrected chi connectivity index (χ3v) is 2.52. The molecule has 0 amide bonds. The first-order chi connectivity index (χ1) is 6.22. The van der Waals surface area contributed by atoms with Crippen molar-refractivity contribution in [2.24, 2.45) is 7.05 Å². The molecule has 4 heteroatoms. The summed E-state index contributed by atoms with van der Waals surface area (Å²) in [5.41, 5.74) is 1.67. The van der Waals surface area contributed by atoms with Crippen LogP contribution in [-0.4, -0.2) is 9.78 Å². The van der Waals surface area contributed by atoms with Gasteiger partial charge in [-0.2, -0.15) is 10.4 Å². The second-order valence-corrected chi connectivity index (χ2v) is 3.51. The van der Waals surface area contributed by atoms with Gasteiger partial charge in [0.2, 0.25) is 0 Å². The molecule has 13 heavy (non-hydrogen) atoms. The molecular weight excluding hydrogens is 230 g/mol. The molecule has 2 aromatic rings. The van der Waals surface area contributed by atoms with Crippen molar-refractivity contribution in [3.05, 3.63) is 28.4 Å². The van der Waals surface area contributed by atoms with E-state index in [4.69, 9.17) is 5.26 Å². The van der Waals surface area contributed by atoms with Crippen LogP contribution >= 0.6 is 15.9 Å². The topological polar surface area (TPSA) is 41.6 Å². The van der Waals surface area contributed by atoms with E-state index < -0.39 is 0 Å². The maximum Gasteiger partial charge on any atom is 0.136 e. The van der Waals surface area contributed by atoms with Gasteiger partial charge in [-0.3, -0.25) is 4.68 Å². The van der Waals surface area contributed by atoms with E-state index in [0.29, 0.717) is 5.56 Å². The summed E-state index contributed by atoms with van der Waals surface area (Å²) in [5.74, 6) is 0. The van der Waals surface area contributed by atoms with Crippen LogP contribution in [0.2, 0.25) is 0 Å². The Morgan fingerprint density at radius 3 is 3.00 bits per heavy atom. The van der Waals surface area contributed by atoms with E-state index in [1.165, 1.54) is 0 Å². The molecule has 0 saturated heterocycles. The first-order valence-corrected chi connectivity index (χ1v) is 4.54. The molecule has 0 saturated carbocycles. The van der Waals surface area contributed by atoms with Crippen molar-refractivity contribution >= 4 is 26.8 Å². The van der Waals surface area contributed by atoms with Crippen LogP contribution in [0.15, 0.2) is 22.8 Å². The second-order valence-electron chi connectivity index (χ2n) is 2.76. The second kappa shape index (κ2) is 2.86. The van der Waals surface area contributed by atoms with E-state index in [2.05, 4.69) is 27.1 Å². The van der Waals surface area contributed by atoms with E-state index in [9.17, 15) is 0 Å². The minimum absolute atomic E-state index is 0.654. The minimum Gasteiger partial charge on any atom is -0.267 e. The van der Waals surface area contributed by atoms with Gasteiger partial charge in [0, 0.05) is 12.4 Å². The van der Waals surface area contributed by atoms with Gasteiger partial charge in [0.15, 0.2) is 0 Å². The fourth-order valence-electron chi connectivity index (χ4n) is 1.29. The highest BCUT2D eigenvalue weighted by atomic mass is 79.9. The minimum atomic E-state index is 0.654. The van der Waals surface area contributed by atoms with Crippen molar-refractivity contribution in [3.8, 4) is 6.07 Å². The third-order valence-electron chi connectivity index (χ3n) is 1.93. The number of aromatic nitrogens is 2. The highest BCUT2D eigenvalue weighted by Crippen LogP contribution is 2.23. The van der Waals surface area contributed by atoms with Crippen LogP contribution in [0.4, 0.5) is 0 Å². The lowest BCUT2D eigenvalue weighted by atomic mass is 10.2. The van der Waals surface area contributed by atoms with Gasteiger partial charge in [-0.25, -0.2) is 0 Å². The summed E-state index contributed by atoms with van der Waals surface area (Å²) in [5, 5.41) is 13.9. The zero-order valence-corrected chi connectivity index (χ0v) is 8.54. The van der Waals surface area contributed by atoms with Gasteiger partial charge in [-0.05, 0) is 34.1 Å². The SMILES string of the molecule is Cn1nc(Br)c2cc(C#N)ccc21. The van der Waals surface area contributed by atoms with E-state index in [0.717, 1.165) is 15.5 Å². The van der Waals surface area contributed by atoms with Crippen LogP contribution in [0.25, 0.3) is 10.9 Å². The monoisotopic (exact) mass is 235 g/mol. The normalized spacial score (nSPS) is 10.2. The summed E-state index contributed by atoms with van der Waals surface area (Å²) in [6.07, 6.45) is 0. The van der Waals surface area contributed by atoms with Crippen molar-refractivity contribution in [2.45, 2.75) is 0 Å². The summed E-state index contributed by atoms with van der Waals surface area (Å²) >= 11 is 3.34. The summed E-state index contributed by atoms with van der Waals surface area (Å²) in [7, 11) is 1.87. The van der Waals surface area contributed by atoms with E-state index in [-0.39, 0.29) is 0 Å². The van der Waals surface area contributed by atoms with Gasteiger partial charge in [-0.1, -0.05) is 0 Å². The average Bonchev–Trinajstić information content (AvgIpc) is 2.42. The van der Waals surface area contributed by atoms with Crippen molar-refractivity contribution in [2.75, 3.05) is 0 Å². The van der Waals surface area contributed by atoms with Crippen LogP contribution < -0.4 is 0 Å². The summed E-state index contributed by atoms with van der Waals surface area (Å²) < 4.78 is 2.56. The molecule has 64 valence electrons. The molecule has 0 spiro atoms. The Balaban J connectivity index is 2.86. The lowest BCUT2D eigenvalue weighted by Gasteiger charge is -1.92. The van der Waals surface area contributed by atoms with E-state index >= 15 is 0 Å². The van der Waals surface area contributed by atoms with Crippen molar-refractivity contribution in [1.29, 1.82) is 5.26 Å². The fraction of sp³-hybridized carbons (Fsp3) is 0.111. The van der Waals surface area contributed by atoms with Gasteiger partial charge in [-0.15, -0.1) is 0 Å². The summed E-state index contributed by atoms with van der Waals surface area (Å²) in [6.45, 7) is 0. The third kappa shape index (κ3) is 1.21. The molecule has 0 bridgehead atoms. The zero-order valence-electron chi connectivity index (χ0n) is 6.95. The van der Waals surface area contributed by atoms with Crippen molar-refractivity contribution in [3.63, 3.8) is 0 Å². The molecule has 1 aromatic heterocycles. The van der Waals surface area contributed by atoms with E-state index in [1.807, 2.05) is 19.2 Å². The Kier molecular flexibility index (Phi) is 1.82. The first-order valence-electron chi connectivity index (χ1n) is 3.75. The molecule has 3 nitrogen and oxygen atoms in total. The molecule has 0 aliphatic rings. The summed E-state index contributed by atoms with van der Waals surface area (Å²) in [4.78, 5) is 0. The maximum absolute atomic E-state index is 8.70. The number of benzene rings is 1. The van der Waals surface area contributed by atoms with Crippen LogP contribution in [0.3, 0.4) is 0 Å². The molecule has 0 fully saturated rings. The average molecular weight is 236 g/mol. The number of aryl methyl sites for hydroxylation is 1. The van der Waals surface area contributed by atoms with Gasteiger partial charge >= 0.3 is 0 Å². The number of rotatable bonds is 0. The van der Waals surface area contributed by atoms with Crippen molar-refractivity contribution in [1.82, 2.24) is 9.78 Å². The van der Waals surface area contributed by atoms with Crippen LogP contribution in [0.5, 0.6) is 0 Å². The van der Waals surface area contributed by atoms with Crippen molar-refractivity contribution < 1.29 is 0 Å². The molecule has 0 atom stereocenters. The Morgan fingerprint density at radius 2 is 2.31 bits per heavy atom. The summed E-state index contributed by atoms with van der Waals surface area (Å²) in [6, 6.07) is 7.61. The fourth-order valence-corrected chi connectivity index (χ4v) is 1.85. The first kappa shape index (κ1) is 8.27. The highest BCUT2D eigenvalue weighted by Gasteiger charge is 2.05. The highest BCUT2D eigenvalue weighted by molar-refractivity contribution is 9.10. The van der Waals surface area contributed by atoms with Gasteiger partial charge in [0.1, 0.15) is 4.60 Å². The van der Waals surface area contributed by atoms with Gasteiger partial charge in [0.25, 0.3) is 0 Å². The Morgan fingerprint density at radius 1 is 1.54 bits per heavy atom. The largest absolute Gasteiger partial charge is 0.267 e. The number of nitriles is 1. The molecule has 0 radical (unpaired) electrons. The smallest absolute Gasteiger partial charge is 0.136 e. The number of nitrogens with zero attached hydrogens (tertiary/aromatic N) is 3. The molecular formula is C9H6BrN3. The Labute approximate surface area is 83.7 Å². The van der Waals surface area contributed by atoms with Crippen LogP contribution in [0, 0.1) is 11.3 Å². The molecule has 0 aliphatic heterocycles. The standard InChI is InChI=1S/C9H6BrN3/c1-13-8-3-2-6(5-11)4-7(8)9(10)12-13/h2-4H,1H3. The number of hydrogen-bond acceptors (Lipinski definition) is 2. The Hall–Kier alpha value is -1.34. The molecule has 0 unspecified atom stereocenters. The maximum atomic E-state index is 8.70. The predicted molar refractivity (Wildman–Crippen MR) is 53.1 cm³/mol. The lowest BCUT2D eigenvalue weighted by Crippen LogP contribution is -1.88. The van der Waals surface area contributed by atoms with Gasteiger partial charge in [0.05, 0.1) is 17.1 Å². The van der Waals surface area contributed by atoms with Gasteiger partial charge < -0.3 is 0 Å². The molecule has 0 aliphatic carbocycles. The number of halogens is 1. The molecule has 2 rings (SSSR count). The lowest BCUT2D eigenvalue weighted by molar-refractivity contribution is 0.788. The zero-order chi connectivity index (χ0) is 9.42. The van der Waals surface area contributed by atoms with E-state index in [1.54, 1.807) is 10.7 Å².